The Kier molecular flexibility index (Phi) is 9.40. The fourth-order valence-electron chi connectivity index (χ4n) is 4.53. The normalized spacial score (nSPS) is 12.4. The van der Waals surface area contributed by atoms with E-state index < -0.39 is 6.10 Å². The average Bonchev–Trinajstić information content (AvgIpc) is 3.33. The number of pyridine rings is 1. The summed E-state index contributed by atoms with van der Waals surface area (Å²) in [5.41, 5.74) is 3.80. The van der Waals surface area contributed by atoms with Gasteiger partial charge in [0.15, 0.2) is 0 Å². The van der Waals surface area contributed by atoms with E-state index in [0.717, 1.165) is 40.5 Å². The van der Waals surface area contributed by atoms with Gasteiger partial charge in [-0.3, -0.25) is 0 Å². The molecule has 2 unspecified atom stereocenters. The first kappa shape index (κ1) is 27.9. The number of aromatic amines is 1. The van der Waals surface area contributed by atoms with E-state index in [2.05, 4.69) is 34.3 Å². The Hall–Kier alpha value is -4.09. The van der Waals surface area contributed by atoms with Gasteiger partial charge in [-0.1, -0.05) is 43.3 Å². The summed E-state index contributed by atoms with van der Waals surface area (Å²) in [5.74, 6) is 2.31. The molecule has 0 aliphatic rings. The number of fused-ring (bicyclic) bond motifs is 3. The van der Waals surface area contributed by atoms with Crippen LogP contribution < -0.4 is 14.8 Å². The van der Waals surface area contributed by atoms with Crippen molar-refractivity contribution in [3.05, 3.63) is 96.2 Å². The van der Waals surface area contributed by atoms with Crippen LogP contribution in [0.15, 0.2) is 85.1 Å². The number of ether oxygens (including phenoxy) is 2. The van der Waals surface area contributed by atoms with Gasteiger partial charge in [0.1, 0.15) is 30.3 Å². The highest BCUT2D eigenvalue weighted by atomic mass is 35.5. The molecule has 2 atom stereocenters. The number of hydrogen-bond acceptors (Lipinski definition) is 6. The predicted octanol–water partition coefficient (Wildman–Crippen LogP) is 6.01. The van der Waals surface area contributed by atoms with E-state index in [1.165, 1.54) is 11.8 Å². The lowest BCUT2D eigenvalue weighted by Crippen LogP contribution is -2.34. The van der Waals surface area contributed by atoms with Crippen molar-refractivity contribution in [2.75, 3.05) is 19.7 Å². The van der Waals surface area contributed by atoms with Crippen molar-refractivity contribution in [1.29, 1.82) is 5.26 Å². The second kappa shape index (κ2) is 13.1. The fourth-order valence-corrected chi connectivity index (χ4v) is 4.53. The molecule has 8 heteroatoms. The summed E-state index contributed by atoms with van der Waals surface area (Å²) in [5, 5.41) is 24.9. The number of H-pyrrole nitrogens is 1. The second-order valence-corrected chi connectivity index (χ2v) is 9.52. The van der Waals surface area contributed by atoms with E-state index in [9.17, 15) is 5.11 Å². The minimum absolute atomic E-state index is 0. The molecule has 0 spiro atoms. The van der Waals surface area contributed by atoms with Gasteiger partial charge in [-0.2, -0.15) is 5.26 Å². The van der Waals surface area contributed by atoms with Crippen molar-refractivity contribution in [2.45, 2.75) is 19.4 Å². The molecular weight excluding hydrogens is 512 g/mol. The lowest BCUT2D eigenvalue weighted by atomic mass is 10.0. The molecule has 0 radical (unpaired) electrons. The second-order valence-electron chi connectivity index (χ2n) is 9.52. The Morgan fingerprint density at radius 1 is 0.974 bits per heavy atom. The summed E-state index contributed by atoms with van der Waals surface area (Å²) in [6, 6.07) is 27.4. The number of hydrogen-bond donors (Lipinski definition) is 3. The highest BCUT2D eigenvalue weighted by molar-refractivity contribution is 6.10. The number of nitriles is 1. The summed E-state index contributed by atoms with van der Waals surface area (Å²) in [4.78, 5) is 7.55. The van der Waals surface area contributed by atoms with Gasteiger partial charge in [0.25, 0.3) is 0 Å². The number of rotatable bonds is 11. The largest absolute Gasteiger partial charge is 0.490 e. The number of aromatic nitrogens is 2. The number of nitrogens with one attached hydrogen (secondary N) is 2. The average molecular weight is 543 g/mol. The number of aliphatic hydroxyl groups excluding tert-OH is 1. The van der Waals surface area contributed by atoms with E-state index in [4.69, 9.17) is 14.7 Å². The highest BCUT2D eigenvalue weighted by Crippen LogP contribution is 2.33. The van der Waals surface area contributed by atoms with Crippen molar-refractivity contribution in [1.82, 2.24) is 15.3 Å². The molecule has 2 heterocycles. The van der Waals surface area contributed by atoms with E-state index >= 15 is 0 Å². The molecule has 0 fully saturated rings. The minimum Gasteiger partial charge on any atom is -0.490 e. The topological polar surface area (TPSA) is 103 Å². The minimum atomic E-state index is -0.616. The van der Waals surface area contributed by atoms with Crippen LogP contribution in [-0.2, 0) is 6.42 Å². The highest BCUT2D eigenvalue weighted by Gasteiger charge is 2.12. The smallest absolute Gasteiger partial charge is 0.219 e. The van der Waals surface area contributed by atoms with Crippen molar-refractivity contribution >= 4 is 34.2 Å². The van der Waals surface area contributed by atoms with Crippen LogP contribution in [0, 0.1) is 17.2 Å². The van der Waals surface area contributed by atoms with Gasteiger partial charge in [0.05, 0.1) is 11.1 Å². The first-order chi connectivity index (χ1) is 18.6. The van der Waals surface area contributed by atoms with Crippen LogP contribution in [0.5, 0.6) is 17.4 Å². The zero-order chi connectivity index (χ0) is 26.3. The van der Waals surface area contributed by atoms with Crippen molar-refractivity contribution < 1.29 is 14.6 Å². The lowest BCUT2D eigenvalue weighted by molar-refractivity contribution is 0.106. The van der Waals surface area contributed by atoms with Crippen LogP contribution in [0.2, 0.25) is 0 Å². The number of nitrogens with zero attached hydrogens (tertiary/aromatic N) is 2. The molecule has 3 aromatic carbocycles. The quantitative estimate of drug-likeness (QED) is 0.189. The van der Waals surface area contributed by atoms with E-state index in [1.54, 1.807) is 12.1 Å². The zero-order valence-corrected chi connectivity index (χ0v) is 22.4. The van der Waals surface area contributed by atoms with Crippen LogP contribution in [0.1, 0.15) is 18.1 Å². The third-order valence-electron chi connectivity index (χ3n) is 6.39. The van der Waals surface area contributed by atoms with Gasteiger partial charge in [0.2, 0.25) is 5.88 Å². The SMILES string of the molecule is CC(CNCC(O)COc1cccc2[nH]c3ccccc3c12)Cc1ccc(Oc2ccc(C#N)cn2)cc1.Cl. The van der Waals surface area contributed by atoms with Gasteiger partial charge < -0.3 is 24.9 Å². The van der Waals surface area contributed by atoms with Crippen LogP contribution in [0.25, 0.3) is 21.8 Å². The van der Waals surface area contributed by atoms with Crippen LogP contribution >= 0.6 is 12.4 Å². The molecule has 0 bridgehead atoms. The molecule has 0 aliphatic heterocycles. The molecule has 0 aliphatic carbocycles. The third kappa shape index (κ3) is 7.06. The van der Waals surface area contributed by atoms with Crippen LogP contribution in [0.3, 0.4) is 0 Å². The zero-order valence-electron chi connectivity index (χ0n) is 21.6. The third-order valence-corrected chi connectivity index (χ3v) is 6.39. The van der Waals surface area contributed by atoms with Crippen LogP contribution in [-0.4, -0.2) is 40.9 Å². The molecule has 7 nitrogen and oxygen atoms in total. The number of benzene rings is 3. The molecule has 39 heavy (non-hydrogen) atoms. The predicted molar refractivity (Wildman–Crippen MR) is 156 cm³/mol. The van der Waals surface area contributed by atoms with E-state index in [-0.39, 0.29) is 19.0 Å². The molecule has 0 saturated carbocycles. The fraction of sp³-hybridized carbons (Fsp3) is 0.226. The van der Waals surface area contributed by atoms with E-state index in [1.807, 2.05) is 60.7 Å². The first-order valence-electron chi connectivity index (χ1n) is 12.7. The summed E-state index contributed by atoms with van der Waals surface area (Å²) in [6.07, 6.45) is 1.78. The Labute approximate surface area is 233 Å². The number of para-hydroxylation sites is 1. The maximum atomic E-state index is 10.5. The summed E-state index contributed by atoms with van der Waals surface area (Å²) < 4.78 is 11.8. The van der Waals surface area contributed by atoms with Crippen molar-refractivity contribution in [3.8, 4) is 23.4 Å². The Balaban J connectivity index is 0.00000353. The summed E-state index contributed by atoms with van der Waals surface area (Å²) in [6.45, 7) is 3.63. The number of aliphatic hydroxyl groups is 1. The Morgan fingerprint density at radius 3 is 2.54 bits per heavy atom. The molecule has 5 rings (SSSR count). The molecule has 2 aromatic heterocycles. The molecule has 0 amide bonds. The molecule has 3 N–H and O–H groups in total. The number of halogens is 1. The molecule has 5 aromatic rings. The monoisotopic (exact) mass is 542 g/mol. The van der Waals surface area contributed by atoms with Gasteiger partial charge in [-0.15, -0.1) is 12.4 Å². The van der Waals surface area contributed by atoms with Gasteiger partial charge in [-0.05, 0) is 60.8 Å². The molecular formula is C31H31ClN4O3. The van der Waals surface area contributed by atoms with Crippen molar-refractivity contribution in [3.63, 3.8) is 0 Å². The summed E-state index contributed by atoms with van der Waals surface area (Å²) >= 11 is 0. The van der Waals surface area contributed by atoms with Crippen molar-refractivity contribution in [2.24, 2.45) is 5.92 Å². The Morgan fingerprint density at radius 2 is 1.77 bits per heavy atom. The van der Waals surface area contributed by atoms with Gasteiger partial charge in [0, 0.05) is 35.1 Å². The molecule has 0 saturated heterocycles. The molecule has 200 valence electrons. The van der Waals surface area contributed by atoms with Gasteiger partial charge in [-0.25, -0.2) is 4.98 Å². The standard InChI is InChI=1S/C31H30N4O3.ClH/c1-21(15-22-9-12-25(13-10-22)38-30-14-11-23(16-32)18-34-30)17-33-19-24(36)20-37-29-8-4-7-28-31(29)26-5-2-3-6-27(26)35-28;/h2-14,18,21,24,33,35-36H,15,17,19-20H2,1H3;1H. The van der Waals surface area contributed by atoms with E-state index in [0.29, 0.717) is 29.7 Å². The maximum absolute atomic E-state index is 10.5. The van der Waals surface area contributed by atoms with Crippen LogP contribution in [0.4, 0.5) is 0 Å². The summed E-state index contributed by atoms with van der Waals surface area (Å²) in [7, 11) is 0. The van der Waals surface area contributed by atoms with Gasteiger partial charge >= 0.3 is 0 Å². The lowest BCUT2D eigenvalue weighted by Gasteiger charge is -2.17. The first-order valence-corrected chi connectivity index (χ1v) is 12.7. The Bertz CT molecular complexity index is 1550. The maximum Gasteiger partial charge on any atom is 0.219 e.